The molecule has 2 aliphatic carbocycles. The van der Waals surface area contributed by atoms with Gasteiger partial charge in [0.15, 0.2) is 5.78 Å². The molecule has 108 valence electrons. The van der Waals surface area contributed by atoms with Crippen molar-refractivity contribution >= 4 is 5.78 Å². The molecular formula is C18H20N2O. The number of benzene rings is 1. The fraction of sp³-hybridized carbons (Fsp3) is 0.389. The summed E-state index contributed by atoms with van der Waals surface area (Å²) in [6.07, 6.45) is 7.34. The van der Waals surface area contributed by atoms with Gasteiger partial charge in [0.05, 0.1) is 0 Å². The molecule has 0 bridgehead atoms. The number of carbonyl (C=O) groups is 1. The van der Waals surface area contributed by atoms with Gasteiger partial charge < -0.3 is 9.88 Å². The monoisotopic (exact) mass is 280 g/mol. The molecule has 2 aliphatic rings. The quantitative estimate of drug-likeness (QED) is 0.933. The lowest BCUT2D eigenvalue weighted by Gasteiger charge is -2.15. The standard InChI is InChI=1S/C18H20N2O/c21-18-3-1-2-17-16(18)10-11-20(17)15-8-4-13(5-9-15)12-19-14-6-7-14/h4-5,8-11,14,19H,1-3,6-7,12H2. The highest BCUT2D eigenvalue weighted by molar-refractivity contribution is 5.98. The van der Waals surface area contributed by atoms with Gasteiger partial charge in [-0.05, 0) is 49.4 Å². The number of nitrogens with one attached hydrogen (secondary N) is 1. The van der Waals surface area contributed by atoms with Crippen LogP contribution >= 0.6 is 0 Å². The normalized spacial score (nSPS) is 17.8. The molecule has 1 aromatic carbocycles. The number of carbonyl (C=O) groups excluding carboxylic acids is 1. The Hall–Kier alpha value is -1.87. The summed E-state index contributed by atoms with van der Waals surface area (Å²) in [6, 6.07) is 11.4. The highest BCUT2D eigenvalue weighted by atomic mass is 16.1. The number of Topliss-reactive ketones (excluding diaryl/α,β-unsaturated/α-hetero) is 1. The van der Waals surface area contributed by atoms with Crippen molar-refractivity contribution in [3.05, 3.63) is 53.3 Å². The number of ketones is 1. The molecular weight excluding hydrogens is 260 g/mol. The van der Waals surface area contributed by atoms with Gasteiger partial charge in [-0.25, -0.2) is 0 Å². The number of hydrogen-bond donors (Lipinski definition) is 1. The topological polar surface area (TPSA) is 34.0 Å². The van der Waals surface area contributed by atoms with E-state index in [1.807, 2.05) is 12.3 Å². The van der Waals surface area contributed by atoms with Crippen LogP contribution in [-0.2, 0) is 13.0 Å². The second kappa shape index (κ2) is 5.15. The molecule has 2 aromatic rings. The fourth-order valence-corrected chi connectivity index (χ4v) is 3.09. The summed E-state index contributed by atoms with van der Waals surface area (Å²) in [7, 11) is 0. The van der Waals surface area contributed by atoms with Crippen LogP contribution in [0.3, 0.4) is 0 Å². The van der Waals surface area contributed by atoms with Gasteiger partial charge in [0.1, 0.15) is 0 Å². The number of rotatable bonds is 4. The lowest BCUT2D eigenvalue weighted by molar-refractivity contribution is 0.0972. The van der Waals surface area contributed by atoms with Crippen molar-refractivity contribution in [2.75, 3.05) is 0 Å². The third-order valence-electron chi connectivity index (χ3n) is 4.50. The Kier molecular flexibility index (Phi) is 3.15. The Balaban J connectivity index is 1.57. The third kappa shape index (κ3) is 2.54. The van der Waals surface area contributed by atoms with E-state index in [1.54, 1.807) is 0 Å². The van der Waals surface area contributed by atoms with E-state index in [1.165, 1.54) is 24.1 Å². The Labute approximate surface area is 125 Å². The molecule has 1 saturated carbocycles. The van der Waals surface area contributed by atoms with Crippen molar-refractivity contribution < 1.29 is 4.79 Å². The van der Waals surface area contributed by atoms with E-state index in [9.17, 15) is 4.79 Å². The molecule has 3 heteroatoms. The van der Waals surface area contributed by atoms with E-state index in [4.69, 9.17) is 0 Å². The first kappa shape index (κ1) is 12.8. The van der Waals surface area contributed by atoms with Crippen LogP contribution in [0, 0.1) is 0 Å². The Morgan fingerprint density at radius 3 is 2.67 bits per heavy atom. The molecule has 0 aliphatic heterocycles. The van der Waals surface area contributed by atoms with Crippen LogP contribution in [-0.4, -0.2) is 16.4 Å². The van der Waals surface area contributed by atoms with Crippen molar-refractivity contribution in [3.63, 3.8) is 0 Å². The van der Waals surface area contributed by atoms with E-state index in [0.717, 1.165) is 36.7 Å². The van der Waals surface area contributed by atoms with Crippen molar-refractivity contribution in [2.45, 2.75) is 44.7 Å². The molecule has 0 saturated heterocycles. The Morgan fingerprint density at radius 2 is 1.90 bits per heavy atom. The van der Waals surface area contributed by atoms with Gasteiger partial charge in [-0.15, -0.1) is 0 Å². The maximum absolute atomic E-state index is 11.9. The summed E-state index contributed by atoms with van der Waals surface area (Å²) in [5.41, 5.74) is 4.57. The van der Waals surface area contributed by atoms with Gasteiger partial charge in [-0.3, -0.25) is 4.79 Å². The number of fused-ring (bicyclic) bond motifs is 1. The first-order valence-corrected chi connectivity index (χ1v) is 7.87. The van der Waals surface area contributed by atoms with Crippen LogP contribution in [0.4, 0.5) is 0 Å². The van der Waals surface area contributed by atoms with Gasteiger partial charge in [0, 0.05) is 42.1 Å². The zero-order chi connectivity index (χ0) is 14.2. The average Bonchev–Trinajstić information content (AvgIpc) is 3.24. The van der Waals surface area contributed by atoms with Crippen LogP contribution in [0.25, 0.3) is 5.69 Å². The zero-order valence-electron chi connectivity index (χ0n) is 12.1. The minimum atomic E-state index is 0.292. The summed E-state index contributed by atoms with van der Waals surface area (Å²) in [5, 5.41) is 3.53. The highest BCUT2D eigenvalue weighted by Crippen LogP contribution is 2.25. The highest BCUT2D eigenvalue weighted by Gasteiger charge is 2.21. The number of aromatic nitrogens is 1. The van der Waals surface area contributed by atoms with E-state index in [2.05, 4.69) is 34.1 Å². The van der Waals surface area contributed by atoms with E-state index < -0.39 is 0 Å². The molecule has 1 aromatic heterocycles. The molecule has 3 nitrogen and oxygen atoms in total. The smallest absolute Gasteiger partial charge is 0.164 e. The van der Waals surface area contributed by atoms with Gasteiger partial charge >= 0.3 is 0 Å². The van der Waals surface area contributed by atoms with Crippen LogP contribution in [0.5, 0.6) is 0 Å². The van der Waals surface area contributed by atoms with Crippen LogP contribution < -0.4 is 5.32 Å². The second-order valence-electron chi connectivity index (χ2n) is 6.14. The van der Waals surface area contributed by atoms with Gasteiger partial charge in [-0.2, -0.15) is 0 Å². The van der Waals surface area contributed by atoms with Crippen LogP contribution in [0.1, 0.15) is 47.3 Å². The minimum absolute atomic E-state index is 0.292. The first-order chi connectivity index (χ1) is 10.3. The van der Waals surface area contributed by atoms with Crippen molar-refractivity contribution in [2.24, 2.45) is 0 Å². The van der Waals surface area contributed by atoms with Gasteiger partial charge in [0.2, 0.25) is 0 Å². The van der Waals surface area contributed by atoms with Crippen molar-refractivity contribution in [1.82, 2.24) is 9.88 Å². The lowest BCUT2D eigenvalue weighted by Crippen LogP contribution is -2.15. The van der Waals surface area contributed by atoms with E-state index >= 15 is 0 Å². The summed E-state index contributed by atoms with van der Waals surface area (Å²) in [6.45, 7) is 0.952. The number of hydrogen-bond acceptors (Lipinski definition) is 2. The average molecular weight is 280 g/mol. The predicted octanol–water partition coefficient (Wildman–Crippen LogP) is 3.25. The summed E-state index contributed by atoms with van der Waals surface area (Å²) in [5.74, 6) is 0.292. The SMILES string of the molecule is O=C1CCCc2c1ccn2-c1ccc(CNC2CC2)cc1. The predicted molar refractivity (Wildman–Crippen MR) is 82.9 cm³/mol. The van der Waals surface area contributed by atoms with Crippen molar-refractivity contribution in [1.29, 1.82) is 0 Å². The molecule has 0 unspecified atom stereocenters. The molecule has 4 rings (SSSR count). The molecule has 0 amide bonds. The Morgan fingerprint density at radius 1 is 1.10 bits per heavy atom. The molecule has 0 spiro atoms. The first-order valence-electron chi connectivity index (χ1n) is 7.87. The molecule has 0 atom stereocenters. The van der Waals surface area contributed by atoms with Crippen LogP contribution in [0.15, 0.2) is 36.5 Å². The largest absolute Gasteiger partial charge is 0.320 e. The summed E-state index contributed by atoms with van der Waals surface area (Å²) in [4.78, 5) is 11.9. The summed E-state index contributed by atoms with van der Waals surface area (Å²) < 4.78 is 2.17. The molecule has 0 radical (unpaired) electrons. The zero-order valence-corrected chi connectivity index (χ0v) is 12.1. The summed E-state index contributed by atoms with van der Waals surface area (Å²) >= 11 is 0. The molecule has 1 N–H and O–H groups in total. The maximum Gasteiger partial charge on any atom is 0.164 e. The lowest BCUT2D eigenvalue weighted by atomic mass is 9.97. The third-order valence-corrected chi connectivity index (χ3v) is 4.50. The van der Waals surface area contributed by atoms with Gasteiger partial charge in [-0.1, -0.05) is 12.1 Å². The second-order valence-corrected chi connectivity index (χ2v) is 6.14. The molecule has 21 heavy (non-hydrogen) atoms. The van der Waals surface area contributed by atoms with E-state index in [0.29, 0.717) is 12.2 Å². The Bertz CT molecular complexity index is 665. The fourth-order valence-electron chi connectivity index (χ4n) is 3.09. The van der Waals surface area contributed by atoms with Gasteiger partial charge in [0.25, 0.3) is 0 Å². The minimum Gasteiger partial charge on any atom is -0.320 e. The van der Waals surface area contributed by atoms with Crippen molar-refractivity contribution in [3.8, 4) is 5.69 Å². The molecule has 1 fully saturated rings. The molecule has 1 heterocycles. The van der Waals surface area contributed by atoms with Crippen LogP contribution in [0.2, 0.25) is 0 Å². The van der Waals surface area contributed by atoms with E-state index in [-0.39, 0.29) is 0 Å². The maximum atomic E-state index is 11.9. The number of nitrogens with zero attached hydrogens (tertiary/aromatic N) is 1.